The van der Waals surface area contributed by atoms with E-state index in [9.17, 15) is 0 Å². The number of nitrogens with zero attached hydrogens (tertiary/aromatic N) is 3. The molecule has 0 spiro atoms. The van der Waals surface area contributed by atoms with Crippen molar-refractivity contribution in [3.8, 4) is 0 Å². The highest BCUT2D eigenvalue weighted by Gasteiger charge is 2.21. The van der Waals surface area contributed by atoms with Crippen molar-refractivity contribution < 1.29 is 0 Å². The summed E-state index contributed by atoms with van der Waals surface area (Å²) >= 11 is 1.47. The monoisotopic (exact) mass is 331 g/mol. The molecule has 0 bridgehead atoms. The van der Waals surface area contributed by atoms with Gasteiger partial charge in [0, 0.05) is 12.6 Å². The molecule has 6 heteroatoms. The second kappa shape index (κ2) is 7.86. The second-order valence-corrected chi connectivity index (χ2v) is 7.26. The molecule has 5 nitrogen and oxygen atoms in total. The maximum absolute atomic E-state index is 5.66. The lowest BCUT2D eigenvalue weighted by molar-refractivity contribution is 0.194. The van der Waals surface area contributed by atoms with E-state index in [-0.39, 0.29) is 6.04 Å². The highest BCUT2D eigenvalue weighted by Crippen LogP contribution is 2.21. The van der Waals surface area contributed by atoms with E-state index in [1.807, 2.05) is 0 Å². The maximum atomic E-state index is 5.66. The molecule has 1 fully saturated rings. The normalized spacial score (nSPS) is 18.1. The van der Waals surface area contributed by atoms with Crippen LogP contribution in [0.1, 0.15) is 36.4 Å². The van der Waals surface area contributed by atoms with Crippen molar-refractivity contribution in [2.75, 3.05) is 25.4 Å². The van der Waals surface area contributed by atoms with Gasteiger partial charge in [-0.25, -0.2) is 0 Å². The number of rotatable bonds is 6. The molecule has 3 rings (SSSR count). The van der Waals surface area contributed by atoms with Gasteiger partial charge in [-0.15, -0.1) is 10.2 Å². The minimum Gasteiger partial charge on any atom is -0.374 e. The SMILES string of the molecule is C[C@@H](NC1CCN(CCc2ccccc2)CC1)c1nnc(N)s1. The highest BCUT2D eigenvalue weighted by atomic mass is 32.1. The Balaban J connectivity index is 1.40. The fraction of sp³-hybridized carbons (Fsp3) is 0.529. The van der Waals surface area contributed by atoms with Crippen LogP contribution in [0.15, 0.2) is 30.3 Å². The first kappa shape index (κ1) is 16.4. The quantitative estimate of drug-likeness (QED) is 0.851. The minimum atomic E-state index is 0.227. The van der Waals surface area contributed by atoms with Crippen LogP contribution < -0.4 is 11.1 Å². The molecule has 1 aromatic heterocycles. The molecule has 1 aromatic carbocycles. The third-order valence-electron chi connectivity index (χ3n) is 4.46. The van der Waals surface area contributed by atoms with Gasteiger partial charge in [-0.05, 0) is 44.8 Å². The van der Waals surface area contributed by atoms with E-state index in [0.29, 0.717) is 11.2 Å². The number of likely N-dealkylation sites (tertiary alicyclic amines) is 1. The number of benzene rings is 1. The number of hydrogen-bond acceptors (Lipinski definition) is 6. The molecule has 3 N–H and O–H groups in total. The lowest BCUT2D eigenvalue weighted by Gasteiger charge is -2.33. The molecule has 0 saturated carbocycles. The molecular formula is C17H25N5S. The Morgan fingerprint density at radius 2 is 2.00 bits per heavy atom. The molecule has 23 heavy (non-hydrogen) atoms. The van der Waals surface area contributed by atoms with Crippen molar-refractivity contribution in [1.82, 2.24) is 20.4 Å². The fourth-order valence-corrected chi connectivity index (χ4v) is 3.72. The zero-order valence-corrected chi connectivity index (χ0v) is 14.4. The number of piperidine rings is 1. The largest absolute Gasteiger partial charge is 0.374 e. The van der Waals surface area contributed by atoms with E-state index >= 15 is 0 Å². The Kier molecular flexibility index (Phi) is 5.59. The van der Waals surface area contributed by atoms with E-state index in [1.165, 1.54) is 29.7 Å². The lowest BCUT2D eigenvalue weighted by atomic mass is 10.0. The summed E-state index contributed by atoms with van der Waals surface area (Å²) in [5.74, 6) is 0. The van der Waals surface area contributed by atoms with Crippen LogP contribution in [0, 0.1) is 0 Å². The van der Waals surface area contributed by atoms with E-state index in [0.717, 1.165) is 31.1 Å². The third kappa shape index (κ3) is 4.73. The van der Waals surface area contributed by atoms with Crippen LogP contribution in [0.25, 0.3) is 0 Å². The average molecular weight is 331 g/mol. The Labute approximate surface area is 141 Å². The number of nitrogen functional groups attached to an aromatic ring is 1. The van der Waals surface area contributed by atoms with Gasteiger partial charge < -0.3 is 16.0 Å². The molecule has 0 unspecified atom stereocenters. The second-order valence-electron chi connectivity index (χ2n) is 6.22. The molecule has 124 valence electrons. The van der Waals surface area contributed by atoms with Gasteiger partial charge in [-0.1, -0.05) is 41.7 Å². The predicted molar refractivity (Wildman–Crippen MR) is 95.5 cm³/mol. The predicted octanol–water partition coefficient (Wildman–Crippen LogP) is 2.48. The molecule has 1 saturated heterocycles. The molecule has 1 aliphatic heterocycles. The first-order chi connectivity index (χ1) is 11.2. The van der Waals surface area contributed by atoms with Crippen LogP contribution in [-0.2, 0) is 6.42 Å². The van der Waals surface area contributed by atoms with Crippen LogP contribution in [-0.4, -0.2) is 40.8 Å². The molecular weight excluding hydrogens is 306 g/mol. The summed E-state index contributed by atoms with van der Waals surface area (Å²) in [6.45, 7) is 5.62. The maximum Gasteiger partial charge on any atom is 0.203 e. The van der Waals surface area contributed by atoms with Gasteiger partial charge in [0.15, 0.2) is 0 Å². The standard InChI is InChI=1S/C17H25N5S/c1-13(16-20-21-17(18)23-16)19-15-8-11-22(12-9-15)10-7-14-5-3-2-4-6-14/h2-6,13,15,19H,7-12H2,1H3,(H2,18,21)/t13-/m1/s1. The Bertz CT molecular complexity index is 592. The van der Waals surface area contributed by atoms with Gasteiger partial charge in [0.2, 0.25) is 5.13 Å². The van der Waals surface area contributed by atoms with E-state index in [4.69, 9.17) is 5.73 Å². The van der Waals surface area contributed by atoms with Crippen LogP contribution in [0.3, 0.4) is 0 Å². The molecule has 0 radical (unpaired) electrons. The van der Waals surface area contributed by atoms with Gasteiger partial charge in [0.1, 0.15) is 5.01 Å². The zero-order valence-electron chi connectivity index (χ0n) is 13.6. The Morgan fingerprint density at radius 3 is 2.65 bits per heavy atom. The summed E-state index contributed by atoms with van der Waals surface area (Å²) in [7, 11) is 0. The molecule has 2 heterocycles. The number of anilines is 1. The van der Waals surface area contributed by atoms with Crippen molar-refractivity contribution in [3.05, 3.63) is 40.9 Å². The van der Waals surface area contributed by atoms with Crippen molar-refractivity contribution in [3.63, 3.8) is 0 Å². The van der Waals surface area contributed by atoms with Gasteiger partial charge in [0.05, 0.1) is 6.04 Å². The summed E-state index contributed by atoms with van der Waals surface area (Å²) in [5, 5.41) is 13.2. The van der Waals surface area contributed by atoms with Gasteiger partial charge in [-0.2, -0.15) is 0 Å². The van der Waals surface area contributed by atoms with Crippen LogP contribution in [0.5, 0.6) is 0 Å². The average Bonchev–Trinajstić information content (AvgIpc) is 3.02. The van der Waals surface area contributed by atoms with Gasteiger partial charge in [0.25, 0.3) is 0 Å². The van der Waals surface area contributed by atoms with Crippen LogP contribution in [0.4, 0.5) is 5.13 Å². The van der Waals surface area contributed by atoms with Crippen LogP contribution >= 0.6 is 11.3 Å². The molecule has 0 aliphatic carbocycles. The summed E-state index contributed by atoms with van der Waals surface area (Å²) < 4.78 is 0. The van der Waals surface area contributed by atoms with Crippen molar-refractivity contribution >= 4 is 16.5 Å². The van der Waals surface area contributed by atoms with Crippen molar-refractivity contribution in [2.24, 2.45) is 0 Å². The Hall–Kier alpha value is -1.50. The van der Waals surface area contributed by atoms with E-state index in [2.05, 4.69) is 57.7 Å². The Morgan fingerprint density at radius 1 is 1.26 bits per heavy atom. The highest BCUT2D eigenvalue weighted by molar-refractivity contribution is 7.15. The van der Waals surface area contributed by atoms with Gasteiger partial charge >= 0.3 is 0 Å². The fourth-order valence-electron chi connectivity index (χ4n) is 3.10. The first-order valence-electron chi connectivity index (χ1n) is 8.32. The minimum absolute atomic E-state index is 0.227. The summed E-state index contributed by atoms with van der Waals surface area (Å²) in [6.07, 6.45) is 3.51. The number of aromatic nitrogens is 2. The van der Waals surface area contributed by atoms with Crippen LogP contribution in [0.2, 0.25) is 0 Å². The van der Waals surface area contributed by atoms with E-state index in [1.54, 1.807) is 0 Å². The number of nitrogens with one attached hydrogen (secondary N) is 1. The summed E-state index contributed by atoms with van der Waals surface area (Å²) in [4.78, 5) is 2.57. The number of nitrogens with two attached hydrogens (primary N) is 1. The molecule has 2 aromatic rings. The smallest absolute Gasteiger partial charge is 0.203 e. The first-order valence-corrected chi connectivity index (χ1v) is 9.13. The third-order valence-corrected chi connectivity index (χ3v) is 5.39. The van der Waals surface area contributed by atoms with Gasteiger partial charge in [-0.3, -0.25) is 0 Å². The van der Waals surface area contributed by atoms with Crippen molar-refractivity contribution in [2.45, 2.75) is 38.3 Å². The molecule has 1 aliphatic rings. The number of hydrogen-bond donors (Lipinski definition) is 2. The molecule has 0 amide bonds. The zero-order chi connectivity index (χ0) is 16.1. The summed E-state index contributed by atoms with van der Waals surface area (Å²) in [6, 6.07) is 11.5. The lowest BCUT2D eigenvalue weighted by Crippen LogP contribution is -2.43. The molecule has 1 atom stereocenters. The van der Waals surface area contributed by atoms with Crippen molar-refractivity contribution in [1.29, 1.82) is 0 Å². The summed E-state index contributed by atoms with van der Waals surface area (Å²) in [5.41, 5.74) is 7.09. The topological polar surface area (TPSA) is 67.1 Å². The van der Waals surface area contributed by atoms with E-state index < -0.39 is 0 Å².